The highest BCUT2D eigenvalue weighted by Crippen LogP contribution is 2.14. The summed E-state index contributed by atoms with van der Waals surface area (Å²) in [5, 5.41) is 4.12. The highest BCUT2D eigenvalue weighted by atomic mass is 16.6. The van der Waals surface area contributed by atoms with Crippen LogP contribution in [0.25, 0.3) is 0 Å². The normalized spacial score (nSPS) is 12.3. The lowest BCUT2D eigenvalue weighted by molar-refractivity contribution is 0.0345. The van der Waals surface area contributed by atoms with Gasteiger partial charge in [-0.05, 0) is 59.7 Å². The monoisotopic (exact) mass is 430 g/mol. The molecule has 2 rings (SSSR count). The molecule has 0 aliphatic rings. The van der Waals surface area contributed by atoms with Crippen LogP contribution in [-0.4, -0.2) is 57.2 Å². The zero-order valence-corrected chi connectivity index (χ0v) is 18.9. The molecule has 0 N–H and O–H groups in total. The van der Waals surface area contributed by atoms with Gasteiger partial charge in [0, 0.05) is 12.4 Å². The van der Waals surface area contributed by atoms with E-state index in [0.717, 1.165) is 0 Å². The van der Waals surface area contributed by atoms with Gasteiger partial charge in [-0.3, -0.25) is 0 Å². The Morgan fingerprint density at radius 2 is 1.65 bits per heavy atom. The number of aromatic nitrogens is 2. The molecule has 1 aromatic carbocycles. The number of hydrogen-bond donors (Lipinski definition) is 0. The zero-order valence-electron chi connectivity index (χ0n) is 18.9. The molecule has 0 unspecified atom stereocenters. The van der Waals surface area contributed by atoms with Gasteiger partial charge < -0.3 is 14.2 Å². The van der Waals surface area contributed by atoms with E-state index < -0.39 is 23.4 Å². The smallest absolute Gasteiger partial charge is 0.437 e. The molecule has 0 saturated carbocycles. The Labute approximate surface area is 182 Å². The van der Waals surface area contributed by atoms with Crippen molar-refractivity contribution in [2.45, 2.75) is 52.7 Å². The maximum Gasteiger partial charge on any atom is 0.437 e. The fourth-order valence-corrected chi connectivity index (χ4v) is 2.35. The number of hydrogen-bond acceptors (Lipinski definition) is 6. The quantitative estimate of drug-likeness (QED) is 0.529. The first-order valence-corrected chi connectivity index (χ1v) is 9.95. The number of nitrogens with zero attached hydrogens (tertiary/aromatic N) is 4. The SMILES string of the molecule is CC(C)(C)OC(=O)/N=C(/N(CCOc1ccccc1)C(=O)OC(C)(C)C)n1cccn1. The van der Waals surface area contributed by atoms with E-state index in [1.807, 2.05) is 18.2 Å². The summed E-state index contributed by atoms with van der Waals surface area (Å²) in [6.45, 7) is 10.6. The van der Waals surface area contributed by atoms with Crippen molar-refractivity contribution in [1.29, 1.82) is 0 Å². The zero-order chi connectivity index (χ0) is 23.1. The van der Waals surface area contributed by atoms with E-state index in [9.17, 15) is 9.59 Å². The van der Waals surface area contributed by atoms with Crippen molar-refractivity contribution < 1.29 is 23.8 Å². The highest BCUT2D eigenvalue weighted by molar-refractivity contribution is 5.99. The molecule has 31 heavy (non-hydrogen) atoms. The summed E-state index contributed by atoms with van der Waals surface area (Å²) < 4.78 is 17.8. The fourth-order valence-electron chi connectivity index (χ4n) is 2.35. The van der Waals surface area contributed by atoms with Gasteiger partial charge in [0.15, 0.2) is 0 Å². The minimum Gasteiger partial charge on any atom is -0.492 e. The third-order valence-corrected chi connectivity index (χ3v) is 3.48. The minimum absolute atomic E-state index is 0.0508. The molecule has 1 heterocycles. The number of para-hydroxylation sites is 1. The first-order valence-electron chi connectivity index (χ1n) is 9.95. The van der Waals surface area contributed by atoms with E-state index in [1.165, 1.54) is 15.8 Å². The van der Waals surface area contributed by atoms with Gasteiger partial charge in [-0.2, -0.15) is 5.10 Å². The molecular weight excluding hydrogens is 400 g/mol. The Bertz CT molecular complexity index is 881. The van der Waals surface area contributed by atoms with Crippen molar-refractivity contribution in [3.8, 4) is 5.75 Å². The molecule has 168 valence electrons. The number of benzene rings is 1. The largest absolute Gasteiger partial charge is 0.492 e. The van der Waals surface area contributed by atoms with Crippen LogP contribution in [0.3, 0.4) is 0 Å². The molecule has 2 aromatic rings. The van der Waals surface area contributed by atoms with Crippen molar-refractivity contribution in [2.75, 3.05) is 13.2 Å². The van der Waals surface area contributed by atoms with E-state index in [4.69, 9.17) is 14.2 Å². The molecule has 0 aliphatic carbocycles. The first-order chi connectivity index (χ1) is 14.4. The standard InChI is InChI=1S/C22H30N4O5/c1-21(2,3)30-19(27)24-18(26-14-10-13-23-26)25(20(28)31-22(4,5)6)15-16-29-17-11-8-7-9-12-17/h7-14H,15-16H2,1-6H3/b24-18-. The second kappa shape index (κ2) is 10.1. The maximum atomic E-state index is 13.0. The van der Waals surface area contributed by atoms with Crippen molar-refractivity contribution in [1.82, 2.24) is 14.7 Å². The lowest BCUT2D eigenvalue weighted by Crippen LogP contribution is -2.46. The van der Waals surface area contributed by atoms with Crippen LogP contribution in [0.4, 0.5) is 9.59 Å². The molecule has 9 heteroatoms. The average molecular weight is 431 g/mol. The van der Waals surface area contributed by atoms with Crippen molar-refractivity contribution in [3.63, 3.8) is 0 Å². The van der Waals surface area contributed by atoms with Crippen molar-refractivity contribution in [3.05, 3.63) is 48.8 Å². The predicted molar refractivity (Wildman–Crippen MR) is 116 cm³/mol. The Morgan fingerprint density at radius 3 is 2.19 bits per heavy atom. The Morgan fingerprint density at radius 1 is 1.00 bits per heavy atom. The molecule has 9 nitrogen and oxygen atoms in total. The predicted octanol–water partition coefficient (Wildman–Crippen LogP) is 4.34. The number of carbonyl (C=O) groups is 2. The van der Waals surface area contributed by atoms with Gasteiger partial charge in [0.25, 0.3) is 0 Å². The summed E-state index contributed by atoms with van der Waals surface area (Å²) >= 11 is 0. The van der Waals surface area contributed by atoms with E-state index in [0.29, 0.717) is 5.75 Å². The Balaban J connectivity index is 2.32. The lowest BCUT2D eigenvalue weighted by atomic mass is 10.2. The summed E-state index contributed by atoms with van der Waals surface area (Å²) in [4.78, 5) is 30.6. The molecule has 0 spiro atoms. The van der Waals surface area contributed by atoms with Crippen molar-refractivity contribution in [2.24, 2.45) is 4.99 Å². The van der Waals surface area contributed by atoms with Crippen LogP contribution in [0.5, 0.6) is 5.75 Å². The average Bonchev–Trinajstić information content (AvgIpc) is 3.16. The molecule has 0 bridgehead atoms. The van der Waals surface area contributed by atoms with Crippen LogP contribution in [0.2, 0.25) is 0 Å². The molecule has 0 aliphatic heterocycles. The summed E-state index contributed by atoms with van der Waals surface area (Å²) in [7, 11) is 0. The van der Waals surface area contributed by atoms with Gasteiger partial charge in [0.05, 0.1) is 6.54 Å². The van der Waals surface area contributed by atoms with E-state index in [2.05, 4.69) is 10.1 Å². The Kier molecular flexibility index (Phi) is 7.79. The minimum atomic E-state index is -0.851. The summed E-state index contributed by atoms with van der Waals surface area (Å²) in [5.74, 6) is 0.599. The maximum absolute atomic E-state index is 13.0. The molecule has 0 atom stereocenters. The van der Waals surface area contributed by atoms with Gasteiger partial charge in [0.2, 0.25) is 5.96 Å². The molecule has 0 radical (unpaired) electrons. The topological polar surface area (TPSA) is 95.2 Å². The van der Waals surface area contributed by atoms with Crippen LogP contribution in [0.15, 0.2) is 53.8 Å². The summed E-state index contributed by atoms with van der Waals surface area (Å²) in [6.07, 6.45) is 1.54. The van der Waals surface area contributed by atoms with E-state index >= 15 is 0 Å². The van der Waals surface area contributed by atoms with Gasteiger partial charge in [-0.25, -0.2) is 19.2 Å². The van der Waals surface area contributed by atoms with Crippen LogP contribution in [-0.2, 0) is 9.47 Å². The van der Waals surface area contributed by atoms with E-state index in [-0.39, 0.29) is 19.1 Å². The first kappa shape index (κ1) is 23.9. The van der Waals surface area contributed by atoms with Gasteiger partial charge in [0.1, 0.15) is 23.6 Å². The summed E-state index contributed by atoms with van der Waals surface area (Å²) in [6, 6.07) is 10.8. The lowest BCUT2D eigenvalue weighted by Gasteiger charge is -2.28. The highest BCUT2D eigenvalue weighted by Gasteiger charge is 2.29. The van der Waals surface area contributed by atoms with E-state index in [1.54, 1.807) is 65.9 Å². The van der Waals surface area contributed by atoms with Crippen LogP contribution >= 0.6 is 0 Å². The molecule has 0 saturated heterocycles. The van der Waals surface area contributed by atoms with Crippen LogP contribution < -0.4 is 4.74 Å². The van der Waals surface area contributed by atoms with Gasteiger partial charge in [-0.1, -0.05) is 18.2 Å². The third-order valence-electron chi connectivity index (χ3n) is 3.48. The second-order valence-electron chi connectivity index (χ2n) is 8.64. The van der Waals surface area contributed by atoms with Gasteiger partial charge in [-0.15, -0.1) is 4.99 Å². The molecule has 2 amide bonds. The van der Waals surface area contributed by atoms with Gasteiger partial charge >= 0.3 is 12.2 Å². The van der Waals surface area contributed by atoms with Crippen LogP contribution in [0.1, 0.15) is 41.5 Å². The fraction of sp³-hybridized carbons (Fsp3) is 0.455. The number of aliphatic imine (C=N–C) groups is 1. The summed E-state index contributed by atoms with van der Waals surface area (Å²) in [5.41, 5.74) is -1.50. The number of carbonyl (C=O) groups excluding carboxylic acids is 2. The second-order valence-corrected chi connectivity index (χ2v) is 8.64. The molecular formula is C22H30N4O5. The number of amides is 2. The molecule has 0 fully saturated rings. The number of ether oxygens (including phenoxy) is 3. The molecule has 1 aromatic heterocycles. The van der Waals surface area contributed by atoms with Crippen molar-refractivity contribution >= 4 is 18.1 Å². The Hall–Kier alpha value is -3.36. The van der Waals surface area contributed by atoms with Crippen LogP contribution in [0, 0.1) is 0 Å². The number of rotatable bonds is 4. The third kappa shape index (κ3) is 8.49.